The number of hydrogen-bond donors (Lipinski definition) is 0. The Morgan fingerprint density at radius 2 is 1.82 bits per heavy atom. The minimum absolute atomic E-state index is 0.0172. The third kappa shape index (κ3) is 3.32. The summed E-state index contributed by atoms with van der Waals surface area (Å²) in [5.74, 6) is 0.118. The van der Waals surface area contributed by atoms with Crippen LogP contribution in [0.2, 0.25) is 5.02 Å². The molecule has 0 N–H and O–H groups in total. The van der Waals surface area contributed by atoms with Crippen molar-refractivity contribution in [1.82, 2.24) is 4.31 Å². The number of nitrogens with zero attached hydrogens (tertiary/aromatic N) is 1. The number of sulfonamides is 1. The second-order valence-corrected chi connectivity index (χ2v) is 10.7. The molecule has 1 aliphatic rings. The molecule has 22 heavy (non-hydrogen) atoms. The van der Waals surface area contributed by atoms with Crippen molar-refractivity contribution >= 4 is 31.5 Å². The Kier molecular flexibility index (Phi) is 4.92. The van der Waals surface area contributed by atoms with Crippen LogP contribution in [-0.2, 0) is 19.9 Å². The average Bonchev–Trinajstić information content (AvgIpc) is 2.27. The summed E-state index contributed by atoms with van der Waals surface area (Å²) in [7, 11) is -6.94. The lowest BCUT2D eigenvalue weighted by Crippen LogP contribution is -2.57. The van der Waals surface area contributed by atoms with E-state index in [2.05, 4.69) is 0 Å². The van der Waals surface area contributed by atoms with E-state index < -0.39 is 25.1 Å². The molecule has 5 nitrogen and oxygen atoms in total. The third-order valence-corrected chi connectivity index (χ3v) is 8.55. The molecule has 0 amide bonds. The van der Waals surface area contributed by atoms with E-state index in [1.54, 1.807) is 19.1 Å². The summed E-state index contributed by atoms with van der Waals surface area (Å²) in [6.07, 6.45) is 0. The molecule has 0 aliphatic carbocycles. The van der Waals surface area contributed by atoms with E-state index in [-0.39, 0.29) is 29.7 Å². The number of hydrogen-bond acceptors (Lipinski definition) is 4. The molecule has 124 valence electrons. The Hall–Kier alpha value is -0.630. The minimum atomic E-state index is -3.69. The zero-order valence-electron chi connectivity index (χ0n) is 12.8. The summed E-state index contributed by atoms with van der Waals surface area (Å²) >= 11 is 5.97. The fraction of sp³-hybridized carbons (Fsp3) is 0.571. The molecule has 1 fully saturated rings. The van der Waals surface area contributed by atoms with Crippen molar-refractivity contribution in [2.45, 2.75) is 30.9 Å². The van der Waals surface area contributed by atoms with Gasteiger partial charge in [-0.2, -0.15) is 4.31 Å². The monoisotopic (exact) mass is 365 g/mol. The van der Waals surface area contributed by atoms with Gasteiger partial charge < -0.3 is 0 Å². The highest BCUT2D eigenvalue weighted by atomic mass is 35.5. The molecule has 1 saturated heterocycles. The van der Waals surface area contributed by atoms with Gasteiger partial charge in [0.2, 0.25) is 10.0 Å². The first kappa shape index (κ1) is 17.7. The van der Waals surface area contributed by atoms with Crippen LogP contribution in [-0.4, -0.2) is 45.2 Å². The van der Waals surface area contributed by atoms with Gasteiger partial charge in [0.05, 0.1) is 15.9 Å². The maximum atomic E-state index is 12.6. The first-order valence-corrected chi connectivity index (χ1v) is 10.6. The van der Waals surface area contributed by atoms with Crippen molar-refractivity contribution in [3.8, 4) is 0 Å². The standard InChI is InChI=1S/C14H20ClNO4S2/c1-10(2)9-21(17,18)12-7-16(8-12)22(19,20)14-6-4-5-13(15)11(14)3/h4-6,10,12H,7-9H2,1-3H3. The quantitative estimate of drug-likeness (QED) is 0.801. The zero-order chi connectivity index (χ0) is 16.7. The highest BCUT2D eigenvalue weighted by Crippen LogP contribution is 2.30. The van der Waals surface area contributed by atoms with E-state index in [0.29, 0.717) is 10.6 Å². The number of rotatable bonds is 5. The molecule has 8 heteroatoms. The molecule has 0 saturated carbocycles. The molecule has 0 atom stereocenters. The molecule has 2 rings (SSSR count). The number of benzene rings is 1. The molecule has 0 unspecified atom stereocenters. The molecule has 0 spiro atoms. The summed E-state index contributed by atoms with van der Waals surface area (Å²) in [6.45, 7) is 5.34. The van der Waals surface area contributed by atoms with E-state index in [4.69, 9.17) is 11.6 Å². The average molecular weight is 366 g/mol. The first-order chi connectivity index (χ1) is 10.1. The van der Waals surface area contributed by atoms with Crippen LogP contribution in [0.5, 0.6) is 0 Å². The van der Waals surface area contributed by atoms with Gasteiger partial charge in [0.15, 0.2) is 9.84 Å². The molecule has 1 aromatic rings. The summed E-state index contributed by atoms with van der Waals surface area (Å²) in [5, 5.41) is -0.227. The van der Waals surface area contributed by atoms with Gasteiger partial charge >= 0.3 is 0 Å². The topological polar surface area (TPSA) is 71.5 Å². The smallest absolute Gasteiger partial charge is 0.228 e. The van der Waals surface area contributed by atoms with Crippen molar-refractivity contribution in [1.29, 1.82) is 0 Å². The van der Waals surface area contributed by atoms with Gasteiger partial charge in [-0.3, -0.25) is 0 Å². The maximum absolute atomic E-state index is 12.6. The van der Waals surface area contributed by atoms with Crippen molar-refractivity contribution in [3.05, 3.63) is 28.8 Å². The van der Waals surface area contributed by atoms with E-state index >= 15 is 0 Å². The molecule has 0 radical (unpaired) electrons. The van der Waals surface area contributed by atoms with Gasteiger partial charge in [0.25, 0.3) is 0 Å². The van der Waals surface area contributed by atoms with Crippen molar-refractivity contribution in [2.75, 3.05) is 18.8 Å². The van der Waals surface area contributed by atoms with Crippen LogP contribution >= 0.6 is 11.6 Å². The summed E-state index contributed by atoms with van der Waals surface area (Å²) in [5.41, 5.74) is 0.484. The van der Waals surface area contributed by atoms with Gasteiger partial charge in [0.1, 0.15) is 0 Å². The SMILES string of the molecule is Cc1c(Cl)cccc1S(=O)(=O)N1CC(S(=O)(=O)CC(C)C)C1. The highest BCUT2D eigenvalue weighted by Gasteiger charge is 2.43. The Labute approximate surface area is 137 Å². The van der Waals surface area contributed by atoms with Crippen LogP contribution < -0.4 is 0 Å². The van der Waals surface area contributed by atoms with Gasteiger partial charge in [-0.1, -0.05) is 31.5 Å². The van der Waals surface area contributed by atoms with Crippen LogP contribution in [0, 0.1) is 12.8 Å². The number of halogens is 1. The third-order valence-electron chi connectivity index (χ3n) is 3.72. The van der Waals surface area contributed by atoms with Gasteiger partial charge in [-0.25, -0.2) is 16.8 Å². The van der Waals surface area contributed by atoms with E-state index in [0.717, 1.165) is 0 Å². The Balaban J connectivity index is 2.17. The maximum Gasteiger partial charge on any atom is 0.243 e. The summed E-state index contributed by atoms with van der Waals surface area (Å²) in [6, 6.07) is 4.70. The lowest BCUT2D eigenvalue weighted by atomic mass is 10.2. The zero-order valence-corrected chi connectivity index (χ0v) is 15.2. The number of sulfone groups is 1. The van der Waals surface area contributed by atoms with Gasteiger partial charge in [-0.05, 0) is 30.5 Å². The molecule has 1 aromatic carbocycles. The normalized spacial score (nSPS) is 17.7. The van der Waals surface area contributed by atoms with Crippen LogP contribution in [0.25, 0.3) is 0 Å². The summed E-state index contributed by atoms with van der Waals surface area (Å²) in [4.78, 5) is 0.139. The predicted octanol–water partition coefficient (Wildman–Crippen LogP) is 2.09. The van der Waals surface area contributed by atoms with Crippen LogP contribution in [0.15, 0.2) is 23.1 Å². The van der Waals surface area contributed by atoms with Crippen molar-refractivity contribution < 1.29 is 16.8 Å². The summed E-state index contributed by atoms with van der Waals surface area (Å²) < 4.78 is 50.5. The van der Waals surface area contributed by atoms with Crippen LogP contribution in [0.1, 0.15) is 19.4 Å². The van der Waals surface area contributed by atoms with Crippen LogP contribution in [0.3, 0.4) is 0 Å². The van der Waals surface area contributed by atoms with Crippen LogP contribution in [0.4, 0.5) is 0 Å². The Morgan fingerprint density at radius 1 is 1.23 bits per heavy atom. The fourth-order valence-corrected chi connectivity index (χ4v) is 6.64. The molecule has 0 bridgehead atoms. The van der Waals surface area contributed by atoms with Gasteiger partial charge in [0, 0.05) is 18.1 Å². The molecular formula is C14H20ClNO4S2. The van der Waals surface area contributed by atoms with E-state index in [9.17, 15) is 16.8 Å². The van der Waals surface area contributed by atoms with E-state index in [1.807, 2.05) is 13.8 Å². The molecule has 0 aromatic heterocycles. The van der Waals surface area contributed by atoms with E-state index in [1.165, 1.54) is 10.4 Å². The first-order valence-electron chi connectivity index (χ1n) is 7.02. The Morgan fingerprint density at radius 3 is 2.36 bits per heavy atom. The molecule has 1 heterocycles. The lowest BCUT2D eigenvalue weighted by Gasteiger charge is -2.38. The predicted molar refractivity (Wildman–Crippen MR) is 87.4 cm³/mol. The lowest BCUT2D eigenvalue weighted by molar-refractivity contribution is 0.309. The Bertz CT molecular complexity index is 766. The highest BCUT2D eigenvalue weighted by molar-refractivity contribution is 7.92. The fourth-order valence-electron chi connectivity index (χ4n) is 2.43. The molecule has 1 aliphatic heterocycles. The molecular weight excluding hydrogens is 346 g/mol. The second-order valence-electron chi connectivity index (χ2n) is 6.03. The van der Waals surface area contributed by atoms with Gasteiger partial charge in [-0.15, -0.1) is 0 Å². The largest absolute Gasteiger partial charge is 0.243 e. The van der Waals surface area contributed by atoms with Crippen molar-refractivity contribution in [3.63, 3.8) is 0 Å². The van der Waals surface area contributed by atoms with Crippen molar-refractivity contribution in [2.24, 2.45) is 5.92 Å². The minimum Gasteiger partial charge on any atom is -0.228 e. The second kappa shape index (κ2) is 6.11.